The predicted molar refractivity (Wildman–Crippen MR) is 193 cm³/mol. The largest absolute Gasteiger partial charge is 0.455 e. The Labute approximate surface area is 308 Å². The van der Waals surface area contributed by atoms with Crippen LogP contribution >= 0.6 is 0 Å². The Hall–Kier alpha value is -2.91. The lowest BCUT2D eigenvalue weighted by Gasteiger charge is -2.46. The van der Waals surface area contributed by atoms with Crippen molar-refractivity contribution in [1.82, 2.24) is 15.3 Å². The summed E-state index contributed by atoms with van der Waals surface area (Å²) in [6.07, 6.45) is -1.61. The molecule has 13 heteroatoms. The highest BCUT2D eigenvalue weighted by atomic mass is 16.7. The molecular weight excluding hydrogens is 670 g/mol. The van der Waals surface area contributed by atoms with Gasteiger partial charge in [0.2, 0.25) is 0 Å². The number of rotatable bonds is 9. The van der Waals surface area contributed by atoms with E-state index in [9.17, 15) is 24.6 Å². The fraction of sp³-hybridized carbons (Fsp3) is 0.718. The summed E-state index contributed by atoms with van der Waals surface area (Å²) in [6.45, 7) is 14.5. The highest BCUT2D eigenvalue weighted by molar-refractivity contribution is 5.88. The van der Waals surface area contributed by atoms with E-state index < -0.39 is 71.7 Å². The van der Waals surface area contributed by atoms with Gasteiger partial charge in [-0.2, -0.15) is 0 Å². The molecule has 1 aromatic rings. The topological polar surface area (TPSA) is 156 Å². The maximum Gasteiger partial charge on any atom is 0.425 e. The van der Waals surface area contributed by atoms with Gasteiger partial charge in [-0.1, -0.05) is 58.0 Å². The van der Waals surface area contributed by atoms with Crippen LogP contribution in [-0.4, -0.2) is 113 Å². The van der Waals surface area contributed by atoms with E-state index >= 15 is 0 Å². The van der Waals surface area contributed by atoms with Crippen LogP contribution in [0.1, 0.15) is 85.8 Å². The van der Waals surface area contributed by atoms with Crippen LogP contribution in [0.5, 0.6) is 0 Å². The zero-order valence-corrected chi connectivity index (χ0v) is 32.8. The number of hydrogen-bond acceptors (Lipinski definition) is 12. The number of likely N-dealkylation sites (N-methyl/N-ethyl adjacent to an activating group) is 1. The molecule has 3 heterocycles. The van der Waals surface area contributed by atoms with E-state index in [0.29, 0.717) is 24.0 Å². The molecule has 2 fully saturated rings. The number of amides is 1. The molecule has 3 aliphatic rings. The van der Waals surface area contributed by atoms with E-state index in [1.807, 2.05) is 71.8 Å². The molecule has 0 radical (unpaired) electrons. The molecule has 4 rings (SSSR count). The average Bonchev–Trinajstić information content (AvgIpc) is 3.37. The van der Waals surface area contributed by atoms with Crippen molar-refractivity contribution in [3.8, 4) is 0 Å². The molecule has 1 aromatic carbocycles. The Balaban J connectivity index is 1.77. The second-order valence-electron chi connectivity index (χ2n) is 15.6. The van der Waals surface area contributed by atoms with Crippen LogP contribution in [0.25, 0.3) is 0 Å². The molecule has 13 nitrogen and oxygen atoms in total. The Morgan fingerprint density at radius 1 is 1.08 bits per heavy atom. The Morgan fingerprint density at radius 2 is 1.73 bits per heavy atom. The Kier molecular flexibility index (Phi) is 13.7. The molecule has 0 saturated carbocycles. The monoisotopic (exact) mass is 731 g/mol. The normalized spacial score (nSPS) is 39.0. The number of methoxy groups -OCH3 is 1. The predicted octanol–water partition coefficient (Wildman–Crippen LogP) is 4.13. The number of fused-ring (bicyclic) bond motifs is 1. The van der Waals surface area contributed by atoms with Crippen LogP contribution < -0.4 is 5.43 Å². The first-order chi connectivity index (χ1) is 24.4. The summed E-state index contributed by atoms with van der Waals surface area (Å²) in [5, 5.41) is 22.6. The summed E-state index contributed by atoms with van der Waals surface area (Å²) in [4.78, 5) is 44.1. The molecule has 292 valence electrons. The summed E-state index contributed by atoms with van der Waals surface area (Å²) >= 11 is 0. The molecule has 12 atom stereocenters. The van der Waals surface area contributed by atoms with Gasteiger partial charge in [0.25, 0.3) is 0 Å². The number of carbonyl (C=O) groups excluding carboxylic acids is 3. The lowest BCUT2D eigenvalue weighted by atomic mass is 9.74. The number of benzene rings is 1. The summed E-state index contributed by atoms with van der Waals surface area (Å²) in [5.41, 5.74) is 2.46. The third-order valence-electron chi connectivity index (χ3n) is 11.4. The minimum atomic E-state index is -1.40. The molecule has 1 amide bonds. The standard InChI is InChI=1S/C39H61N3O10/c1-12-30-39(8)33(42(37(47)52-39)40-20-27-15-13-14-16-28(27)21-43)26(6)31(44)24(4)19-38(7,48-11)34(22(2)17-23(3)35(46)50-30)51-36-32(45)29(41(9)10)18-25(5)49-36/h13-17,22,24-26,29-30,32-34,36,40,43,45H,12,18-21H2,1-11H3/b23-17+/t22-,24+,25+,26-,29-,30+,32+,33+,34+,36-,38-,39+/m0/s1. The minimum absolute atomic E-state index is 0.146. The van der Waals surface area contributed by atoms with Crippen LogP contribution in [0.15, 0.2) is 35.9 Å². The fourth-order valence-electron chi connectivity index (χ4n) is 8.49. The summed E-state index contributed by atoms with van der Waals surface area (Å²) in [5.74, 6) is -2.58. The molecule has 0 aliphatic carbocycles. The summed E-state index contributed by atoms with van der Waals surface area (Å²) in [6, 6.07) is 6.22. The van der Waals surface area contributed by atoms with Crippen molar-refractivity contribution >= 4 is 17.8 Å². The van der Waals surface area contributed by atoms with Crippen molar-refractivity contribution in [3.63, 3.8) is 0 Å². The zero-order valence-electron chi connectivity index (χ0n) is 32.8. The maximum absolute atomic E-state index is 14.6. The van der Waals surface area contributed by atoms with E-state index in [1.54, 1.807) is 40.0 Å². The maximum atomic E-state index is 14.6. The third-order valence-corrected chi connectivity index (χ3v) is 11.4. The minimum Gasteiger partial charge on any atom is -0.455 e. The number of carbonyl (C=O) groups is 3. The molecule has 0 bridgehead atoms. The number of esters is 1. The number of aliphatic hydroxyl groups is 2. The van der Waals surface area contributed by atoms with E-state index in [2.05, 4.69) is 5.43 Å². The molecular formula is C39H61N3O10. The first kappa shape index (κ1) is 41.8. The smallest absolute Gasteiger partial charge is 0.425 e. The fourth-order valence-corrected chi connectivity index (χ4v) is 8.49. The van der Waals surface area contributed by atoms with Crippen LogP contribution in [0.4, 0.5) is 4.79 Å². The molecule has 52 heavy (non-hydrogen) atoms. The van der Waals surface area contributed by atoms with Crippen LogP contribution in [-0.2, 0) is 46.4 Å². The second-order valence-corrected chi connectivity index (χ2v) is 15.6. The highest BCUT2D eigenvalue weighted by Crippen LogP contribution is 2.42. The quantitative estimate of drug-likeness (QED) is 0.313. The number of cyclic esters (lactones) is 1. The SMILES string of the molecule is CC[C@H]1OC(=O)/C(C)=C/[C@H](C)[C@@H](O[C@@H]2O[C@H](C)C[C@H](N(C)C)[C@H]2O)[C@@](C)(OC)C[C@@H](C)C(=O)[C@H](C)[C@H]2N(NCc3ccccc3CO)C(=O)O[C@]12C. The molecule has 2 saturated heterocycles. The van der Waals surface area contributed by atoms with E-state index in [0.717, 1.165) is 5.56 Å². The number of nitrogens with zero attached hydrogens (tertiary/aromatic N) is 2. The van der Waals surface area contributed by atoms with E-state index in [-0.39, 0.29) is 37.5 Å². The number of Topliss-reactive ketones (excluding diaryl/α,β-unsaturated/α-hetero) is 1. The third kappa shape index (κ3) is 8.56. The van der Waals surface area contributed by atoms with Crippen LogP contribution in [0.3, 0.4) is 0 Å². The van der Waals surface area contributed by atoms with Gasteiger partial charge in [0.15, 0.2) is 11.9 Å². The van der Waals surface area contributed by atoms with Crippen LogP contribution in [0, 0.1) is 17.8 Å². The van der Waals surface area contributed by atoms with Crippen LogP contribution in [0.2, 0.25) is 0 Å². The van der Waals surface area contributed by atoms with Crippen molar-refractivity contribution in [2.75, 3.05) is 21.2 Å². The van der Waals surface area contributed by atoms with Crippen molar-refractivity contribution in [1.29, 1.82) is 0 Å². The van der Waals surface area contributed by atoms with E-state index in [4.69, 9.17) is 23.7 Å². The molecule has 3 N–H and O–H groups in total. The number of ketones is 1. The zero-order chi connectivity index (χ0) is 38.7. The van der Waals surface area contributed by atoms with Gasteiger partial charge in [-0.15, -0.1) is 0 Å². The van der Waals surface area contributed by atoms with Crippen molar-refractivity contribution in [3.05, 3.63) is 47.0 Å². The van der Waals surface area contributed by atoms with Gasteiger partial charge < -0.3 is 38.8 Å². The Bertz CT molecular complexity index is 1450. The average molecular weight is 732 g/mol. The van der Waals surface area contributed by atoms with Gasteiger partial charge in [0.05, 0.1) is 24.4 Å². The Morgan fingerprint density at radius 3 is 2.33 bits per heavy atom. The van der Waals surface area contributed by atoms with Gasteiger partial charge >= 0.3 is 12.1 Å². The van der Waals surface area contributed by atoms with Crippen molar-refractivity contribution < 1.29 is 48.3 Å². The first-order valence-corrected chi connectivity index (χ1v) is 18.5. The van der Waals surface area contributed by atoms with Gasteiger partial charge in [-0.05, 0) is 72.2 Å². The lowest BCUT2D eigenvalue weighted by molar-refractivity contribution is -0.294. The number of hydrogen-bond donors (Lipinski definition) is 3. The van der Waals surface area contributed by atoms with Crippen molar-refractivity contribution in [2.45, 2.75) is 142 Å². The second kappa shape index (κ2) is 17.0. The summed E-state index contributed by atoms with van der Waals surface area (Å²) in [7, 11) is 5.37. The first-order valence-electron chi connectivity index (χ1n) is 18.5. The number of ether oxygens (including phenoxy) is 5. The molecule has 0 spiro atoms. The number of hydrazine groups is 1. The number of nitrogens with one attached hydrogen (secondary N) is 1. The number of aliphatic hydroxyl groups excluding tert-OH is 2. The summed E-state index contributed by atoms with van der Waals surface area (Å²) < 4.78 is 31.3. The molecule has 3 aliphatic heterocycles. The van der Waals surface area contributed by atoms with Gasteiger partial charge in [-0.25, -0.2) is 20.0 Å². The van der Waals surface area contributed by atoms with Crippen molar-refractivity contribution in [2.24, 2.45) is 17.8 Å². The van der Waals surface area contributed by atoms with Gasteiger partial charge in [0, 0.05) is 43.0 Å². The lowest BCUT2D eigenvalue weighted by Crippen LogP contribution is -2.60. The van der Waals surface area contributed by atoms with Gasteiger partial charge in [-0.3, -0.25) is 4.79 Å². The van der Waals surface area contributed by atoms with Gasteiger partial charge in [0.1, 0.15) is 24.0 Å². The highest BCUT2D eigenvalue weighted by Gasteiger charge is 2.60. The van der Waals surface area contributed by atoms with E-state index in [1.165, 1.54) is 5.01 Å². The molecule has 0 aromatic heterocycles. The molecule has 0 unspecified atom stereocenters.